The first kappa shape index (κ1) is 14.6. The van der Waals surface area contributed by atoms with E-state index in [1.807, 2.05) is 6.07 Å². The Kier molecular flexibility index (Phi) is 3.86. The number of fused-ring (bicyclic) bond motifs is 1. The maximum atomic E-state index is 12.8. The number of para-hydroxylation sites is 1. The minimum Gasteiger partial charge on any atom is -0.496 e. The molecule has 1 aliphatic rings. The molecule has 0 radical (unpaired) electrons. The van der Waals surface area contributed by atoms with Gasteiger partial charge < -0.3 is 9.64 Å². The molecule has 4 nitrogen and oxygen atoms in total. The molecule has 0 aromatic heterocycles. The maximum absolute atomic E-state index is 12.8. The predicted octanol–water partition coefficient (Wildman–Crippen LogP) is 3.58. The fourth-order valence-electron chi connectivity index (χ4n) is 2.61. The highest BCUT2D eigenvalue weighted by Crippen LogP contribution is 2.32. The number of rotatable bonds is 2. The van der Waals surface area contributed by atoms with E-state index in [0.29, 0.717) is 34.1 Å². The third-order valence-corrected chi connectivity index (χ3v) is 3.93. The van der Waals surface area contributed by atoms with E-state index in [1.54, 1.807) is 41.3 Å². The van der Waals surface area contributed by atoms with E-state index in [-0.39, 0.29) is 18.1 Å². The second kappa shape index (κ2) is 5.81. The van der Waals surface area contributed by atoms with E-state index in [1.165, 1.54) is 7.11 Å². The number of halogens is 1. The average molecular weight is 316 g/mol. The Labute approximate surface area is 133 Å². The second-order valence-corrected chi connectivity index (χ2v) is 5.43. The van der Waals surface area contributed by atoms with E-state index in [0.717, 1.165) is 0 Å². The van der Waals surface area contributed by atoms with E-state index in [4.69, 9.17) is 16.3 Å². The molecule has 5 heteroatoms. The zero-order chi connectivity index (χ0) is 15.7. The topological polar surface area (TPSA) is 46.6 Å². The lowest BCUT2D eigenvalue weighted by Crippen LogP contribution is -2.37. The van der Waals surface area contributed by atoms with Gasteiger partial charge >= 0.3 is 0 Å². The van der Waals surface area contributed by atoms with Gasteiger partial charge in [-0.15, -0.1) is 0 Å². The molecule has 0 spiro atoms. The molecular weight excluding hydrogens is 302 g/mol. The SMILES string of the molecule is COc1ccccc1C(=O)N1CCC(=O)c2cc(Cl)ccc21. The Bertz CT molecular complexity index is 757. The number of benzene rings is 2. The molecule has 1 aliphatic heterocycles. The van der Waals surface area contributed by atoms with Crippen LogP contribution in [0.2, 0.25) is 5.02 Å². The summed E-state index contributed by atoms with van der Waals surface area (Å²) in [6.07, 6.45) is 0.286. The average Bonchev–Trinajstić information content (AvgIpc) is 2.55. The Morgan fingerprint density at radius 3 is 2.77 bits per heavy atom. The van der Waals surface area contributed by atoms with Gasteiger partial charge in [-0.25, -0.2) is 0 Å². The summed E-state index contributed by atoms with van der Waals surface area (Å²) < 4.78 is 5.25. The first-order valence-electron chi connectivity index (χ1n) is 6.89. The summed E-state index contributed by atoms with van der Waals surface area (Å²) in [7, 11) is 1.53. The van der Waals surface area contributed by atoms with Gasteiger partial charge in [-0.2, -0.15) is 0 Å². The molecule has 1 heterocycles. The highest BCUT2D eigenvalue weighted by molar-refractivity contribution is 6.31. The first-order valence-corrected chi connectivity index (χ1v) is 7.27. The number of hydrogen-bond donors (Lipinski definition) is 0. The van der Waals surface area contributed by atoms with E-state index in [9.17, 15) is 9.59 Å². The molecule has 0 N–H and O–H groups in total. The summed E-state index contributed by atoms with van der Waals surface area (Å²) in [5, 5.41) is 0.485. The van der Waals surface area contributed by atoms with Crippen molar-refractivity contribution in [1.82, 2.24) is 0 Å². The van der Waals surface area contributed by atoms with Gasteiger partial charge in [0.1, 0.15) is 5.75 Å². The van der Waals surface area contributed by atoms with Crippen LogP contribution in [0.4, 0.5) is 5.69 Å². The van der Waals surface area contributed by atoms with Crippen molar-refractivity contribution < 1.29 is 14.3 Å². The minimum atomic E-state index is -0.187. The van der Waals surface area contributed by atoms with E-state index >= 15 is 0 Å². The maximum Gasteiger partial charge on any atom is 0.262 e. The first-order chi connectivity index (χ1) is 10.6. The summed E-state index contributed by atoms with van der Waals surface area (Å²) in [6, 6.07) is 12.1. The van der Waals surface area contributed by atoms with Gasteiger partial charge in [-0.1, -0.05) is 23.7 Å². The van der Waals surface area contributed by atoms with Crippen LogP contribution in [0.1, 0.15) is 27.1 Å². The van der Waals surface area contributed by atoms with Crippen LogP contribution in [0.15, 0.2) is 42.5 Å². The normalized spacial score (nSPS) is 13.7. The predicted molar refractivity (Wildman–Crippen MR) is 85.1 cm³/mol. The molecular formula is C17H14ClNO3. The molecule has 0 unspecified atom stereocenters. The molecule has 22 heavy (non-hydrogen) atoms. The van der Waals surface area contributed by atoms with Gasteiger partial charge in [0, 0.05) is 23.6 Å². The Morgan fingerprint density at radius 2 is 2.00 bits per heavy atom. The summed E-state index contributed by atoms with van der Waals surface area (Å²) >= 11 is 5.96. The van der Waals surface area contributed by atoms with Gasteiger partial charge in [-0.3, -0.25) is 9.59 Å². The molecule has 2 aromatic carbocycles. The van der Waals surface area contributed by atoms with Gasteiger partial charge in [0.25, 0.3) is 5.91 Å². The number of Topliss-reactive ketones (excluding diaryl/α,β-unsaturated/α-hetero) is 1. The van der Waals surface area contributed by atoms with E-state index in [2.05, 4.69) is 0 Å². The Balaban J connectivity index is 2.05. The molecule has 0 atom stereocenters. The van der Waals surface area contributed by atoms with Gasteiger partial charge in [0.2, 0.25) is 0 Å². The van der Waals surface area contributed by atoms with Crippen molar-refractivity contribution in [2.75, 3.05) is 18.6 Å². The molecule has 1 amide bonds. The van der Waals surface area contributed by atoms with Crippen LogP contribution in [0.3, 0.4) is 0 Å². The van der Waals surface area contributed by atoms with Gasteiger partial charge in [0.15, 0.2) is 5.78 Å². The molecule has 0 bridgehead atoms. The van der Waals surface area contributed by atoms with Gasteiger partial charge in [-0.05, 0) is 30.3 Å². The van der Waals surface area contributed by atoms with Crippen LogP contribution < -0.4 is 9.64 Å². The zero-order valence-electron chi connectivity index (χ0n) is 12.0. The molecule has 0 fully saturated rings. The number of hydrogen-bond acceptors (Lipinski definition) is 3. The van der Waals surface area contributed by atoms with Crippen molar-refractivity contribution in [1.29, 1.82) is 0 Å². The van der Waals surface area contributed by atoms with Crippen LogP contribution in [0.25, 0.3) is 0 Å². The number of methoxy groups -OCH3 is 1. The monoisotopic (exact) mass is 315 g/mol. The quantitative estimate of drug-likeness (QED) is 0.851. The van der Waals surface area contributed by atoms with Gasteiger partial charge in [0.05, 0.1) is 18.4 Å². The third-order valence-electron chi connectivity index (χ3n) is 3.69. The molecule has 112 valence electrons. The fraction of sp³-hybridized carbons (Fsp3) is 0.176. The Morgan fingerprint density at radius 1 is 1.23 bits per heavy atom. The lowest BCUT2D eigenvalue weighted by molar-refractivity contribution is 0.0954. The van der Waals surface area contributed by atoms with Crippen molar-refractivity contribution in [3.8, 4) is 5.75 Å². The molecule has 3 rings (SSSR count). The van der Waals surface area contributed by atoms with Crippen LogP contribution in [-0.2, 0) is 0 Å². The minimum absolute atomic E-state index is 0.00146. The smallest absolute Gasteiger partial charge is 0.262 e. The standard InChI is InChI=1S/C17H14ClNO3/c1-22-16-5-3-2-4-12(16)17(21)19-9-8-15(20)13-10-11(18)6-7-14(13)19/h2-7,10H,8-9H2,1H3. The highest BCUT2D eigenvalue weighted by atomic mass is 35.5. The van der Waals surface area contributed by atoms with E-state index < -0.39 is 0 Å². The zero-order valence-corrected chi connectivity index (χ0v) is 12.8. The summed E-state index contributed by atoms with van der Waals surface area (Å²) in [5.41, 5.74) is 1.55. The van der Waals surface area contributed by atoms with Crippen LogP contribution in [0.5, 0.6) is 5.75 Å². The summed E-state index contributed by atoms with van der Waals surface area (Å²) in [6.45, 7) is 0.352. The highest BCUT2D eigenvalue weighted by Gasteiger charge is 2.29. The van der Waals surface area contributed by atoms with Crippen molar-refractivity contribution in [3.05, 3.63) is 58.6 Å². The number of ether oxygens (including phenoxy) is 1. The Hall–Kier alpha value is -2.33. The summed E-state index contributed by atoms with van der Waals surface area (Å²) in [4.78, 5) is 26.5. The third kappa shape index (κ3) is 2.46. The van der Waals surface area contributed by atoms with Crippen LogP contribution >= 0.6 is 11.6 Å². The lowest BCUT2D eigenvalue weighted by atomic mass is 9.99. The summed E-state index contributed by atoms with van der Waals surface area (Å²) in [5.74, 6) is 0.329. The van der Waals surface area contributed by atoms with Crippen LogP contribution in [-0.4, -0.2) is 25.3 Å². The van der Waals surface area contributed by atoms with Crippen molar-refractivity contribution >= 4 is 29.0 Å². The van der Waals surface area contributed by atoms with Crippen molar-refractivity contribution in [2.45, 2.75) is 6.42 Å². The number of ketones is 1. The molecule has 0 saturated carbocycles. The number of anilines is 1. The fourth-order valence-corrected chi connectivity index (χ4v) is 2.79. The van der Waals surface area contributed by atoms with Crippen molar-refractivity contribution in [3.63, 3.8) is 0 Å². The van der Waals surface area contributed by atoms with Crippen molar-refractivity contribution in [2.24, 2.45) is 0 Å². The largest absolute Gasteiger partial charge is 0.496 e. The number of amides is 1. The number of nitrogens with zero attached hydrogens (tertiary/aromatic N) is 1. The molecule has 0 saturated heterocycles. The second-order valence-electron chi connectivity index (χ2n) is 4.99. The number of carbonyl (C=O) groups is 2. The molecule has 2 aromatic rings. The molecule has 0 aliphatic carbocycles. The number of carbonyl (C=O) groups excluding carboxylic acids is 2. The lowest BCUT2D eigenvalue weighted by Gasteiger charge is -2.29. The van der Waals surface area contributed by atoms with Crippen LogP contribution in [0, 0.1) is 0 Å².